The Morgan fingerprint density at radius 1 is 1.26 bits per heavy atom. The summed E-state index contributed by atoms with van der Waals surface area (Å²) >= 11 is 7.79. The summed E-state index contributed by atoms with van der Waals surface area (Å²) in [5.74, 6) is -0.762. The van der Waals surface area contributed by atoms with E-state index in [-0.39, 0.29) is 40.2 Å². The molecule has 1 fully saturated rings. The molecule has 0 radical (unpaired) electrons. The van der Waals surface area contributed by atoms with E-state index < -0.39 is 12.5 Å². The second-order valence-corrected chi connectivity index (χ2v) is 9.62. The van der Waals surface area contributed by atoms with E-state index in [1.807, 2.05) is 29.2 Å². The van der Waals surface area contributed by atoms with E-state index in [2.05, 4.69) is 11.0 Å². The number of fused-ring (bicyclic) bond motifs is 2. The van der Waals surface area contributed by atoms with Crippen LogP contribution < -0.4 is 4.90 Å². The largest absolute Gasteiger partial charge is 0.508 e. The van der Waals surface area contributed by atoms with Crippen molar-refractivity contribution >= 4 is 55.7 Å². The maximum Gasteiger partial charge on any atom is 0.246 e. The second kappa shape index (κ2) is 9.43. The van der Waals surface area contributed by atoms with Gasteiger partial charge in [-0.25, -0.2) is 4.39 Å². The predicted molar refractivity (Wildman–Crippen MR) is 138 cm³/mol. The van der Waals surface area contributed by atoms with Gasteiger partial charge >= 0.3 is 0 Å². The highest BCUT2D eigenvalue weighted by atomic mass is 35.5. The lowest BCUT2D eigenvalue weighted by Gasteiger charge is -2.41. The Hall–Kier alpha value is -3.23. The van der Waals surface area contributed by atoms with Crippen LogP contribution in [-0.4, -0.2) is 52.6 Å². The average molecular weight is 514 g/mol. The lowest BCUT2D eigenvalue weighted by molar-refractivity contribution is -0.126. The normalized spacial score (nSPS) is 16.3. The molecule has 5 nitrogen and oxygen atoms in total. The molecule has 1 N–H and O–H groups in total. The molecule has 1 atom stereocenters. The third-order valence-corrected chi connectivity index (χ3v) is 7.63. The SMILES string of the molecule is C=CC(=O)N1CCN(c2snc3c(F)c(-c4cc(O)cc5ccccc45)c(Cl)cc23)[C@H](CCF)C1. The number of hydrogen-bond donors (Lipinski definition) is 1. The number of rotatable bonds is 5. The van der Waals surface area contributed by atoms with Crippen LogP contribution in [0.15, 0.2) is 55.1 Å². The van der Waals surface area contributed by atoms with Crippen LogP contribution in [0.4, 0.5) is 13.8 Å². The summed E-state index contributed by atoms with van der Waals surface area (Å²) in [6.45, 7) is 4.24. The van der Waals surface area contributed by atoms with Crippen molar-refractivity contribution < 1.29 is 18.7 Å². The summed E-state index contributed by atoms with van der Waals surface area (Å²) in [7, 11) is 0. The lowest BCUT2D eigenvalue weighted by atomic mass is 9.96. The summed E-state index contributed by atoms with van der Waals surface area (Å²) in [6.07, 6.45) is 1.48. The molecule has 0 spiro atoms. The van der Waals surface area contributed by atoms with E-state index in [0.29, 0.717) is 35.6 Å². The molecular weight excluding hydrogens is 492 g/mol. The summed E-state index contributed by atoms with van der Waals surface area (Å²) in [5, 5.41) is 13.2. The van der Waals surface area contributed by atoms with Crippen LogP contribution in [0.3, 0.4) is 0 Å². The van der Waals surface area contributed by atoms with Crippen LogP contribution in [0.25, 0.3) is 32.8 Å². The van der Waals surface area contributed by atoms with Crippen molar-refractivity contribution in [1.29, 1.82) is 0 Å². The van der Waals surface area contributed by atoms with Crippen LogP contribution in [0.1, 0.15) is 6.42 Å². The van der Waals surface area contributed by atoms with Gasteiger partial charge < -0.3 is 14.9 Å². The number of aromatic nitrogens is 1. The van der Waals surface area contributed by atoms with Gasteiger partial charge in [-0.3, -0.25) is 9.18 Å². The molecule has 5 rings (SSSR count). The van der Waals surface area contributed by atoms with Crippen LogP contribution in [-0.2, 0) is 4.79 Å². The number of anilines is 1. The Morgan fingerprint density at radius 3 is 2.83 bits per heavy atom. The number of alkyl halides is 1. The number of phenolic OH excluding ortho intramolecular Hbond substituents is 1. The molecular formula is C26H22ClF2N3O2S. The number of carbonyl (C=O) groups excluding carboxylic acids is 1. The van der Waals surface area contributed by atoms with Gasteiger partial charge in [0, 0.05) is 36.6 Å². The quantitative estimate of drug-likeness (QED) is 0.324. The molecule has 0 saturated carbocycles. The topological polar surface area (TPSA) is 56.7 Å². The number of piperazine rings is 1. The number of nitrogens with zero attached hydrogens (tertiary/aromatic N) is 3. The zero-order chi connectivity index (χ0) is 24.7. The van der Waals surface area contributed by atoms with E-state index >= 15 is 4.39 Å². The number of benzene rings is 3. The van der Waals surface area contributed by atoms with E-state index in [9.17, 15) is 14.3 Å². The first-order valence-corrected chi connectivity index (χ1v) is 12.3. The van der Waals surface area contributed by atoms with E-state index in [0.717, 1.165) is 22.3 Å². The third-order valence-electron chi connectivity index (χ3n) is 6.43. The van der Waals surface area contributed by atoms with Gasteiger partial charge in [0.1, 0.15) is 16.3 Å². The van der Waals surface area contributed by atoms with Gasteiger partial charge in [-0.05, 0) is 58.6 Å². The standard InChI is InChI=1S/C26H22ClF2N3O2S/c1-2-22(34)31-9-10-32(16(14-31)7-8-28)26-20-13-21(27)23(24(29)25(20)30-35-26)19-12-17(33)11-15-5-3-4-6-18(15)19/h2-6,11-13,16,33H,1,7-10,14H2/t16-/m1/s1. The van der Waals surface area contributed by atoms with Gasteiger partial charge in [0.05, 0.1) is 11.7 Å². The fourth-order valence-corrected chi connectivity index (χ4v) is 6.03. The maximum atomic E-state index is 16.0. The molecule has 1 aromatic heterocycles. The molecule has 0 bridgehead atoms. The molecule has 4 aromatic rings. The zero-order valence-corrected chi connectivity index (χ0v) is 20.3. The Morgan fingerprint density at radius 2 is 2.06 bits per heavy atom. The minimum absolute atomic E-state index is 0.00855. The molecule has 35 heavy (non-hydrogen) atoms. The predicted octanol–water partition coefficient (Wildman–Crippen LogP) is 6.18. The highest BCUT2D eigenvalue weighted by molar-refractivity contribution is 7.11. The molecule has 1 amide bonds. The zero-order valence-electron chi connectivity index (χ0n) is 18.7. The summed E-state index contributed by atoms with van der Waals surface area (Å²) in [5.41, 5.74) is 0.816. The van der Waals surface area contributed by atoms with Gasteiger partial charge in [0.15, 0.2) is 5.82 Å². The fourth-order valence-electron chi connectivity index (χ4n) is 4.78. The molecule has 1 aliphatic rings. The van der Waals surface area contributed by atoms with Crippen molar-refractivity contribution in [1.82, 2.24) is 9.27 Å². The van der Waals surface area contributed by atoms with Crippen LogP contribution in [0.2, 0.25) is 5.02 Å². The first-order valence-electron chi connectivity index (χ1n) is 11.2. The van der Waals surface area contributed by atoms with Gasteiger partial charge in [0.25, 0.3) is 0 Å². The van der Waals surface area contributed by atoms with Gasteiger partial charge in [0.2, 0.25) is 5.91 Å². The van der Waals surface area contributed by atoms with Crippen molar-refractivity contribution in [2.24, 2.45) is 0 Å². The summed E-state index contributed by atoms with van der Waals surface area (Å²) in [4.78, 5) is 15.7. The maximum absolute atomic E-state index is 16.0. The molecule has 1 aliphatic heterocycles. The van der Waals surface area contributed by atoms with Crippen molar-refractivity contribution in [3.05, 3.63) is 66.0 Å². The van der Waals surface area contributed by atoms with Crippen LogP contribution >= 0.6 is 23.1 Å². The number of aromatic hydroxyl groups is 1. The molecule has 2 heterocycles. The average Bonchev–Trinajstić information content (AvgIpc) is 3.27. The van der Waals surface area contributed by atoms with Gasteiger partial charge in [-0.2, -0.15) is 4.37 Å². The highest BCUT2D eigenvalue weighted by Gasteiger charge is 2.32. The molecule has 9 heteroatoms. The second-order valence-electron chi connectivity index (χ2n) is 8.46. The highest BCUT2D eigenvalue weighted by Crippen LogP contribution is 2.44. The Kier molecular flexibility index (Phi) is 6.34. The Labute approximate surface area is 210 Å². The fraction of sp³-hybridized carbons (Fsp3) is 0.231. The van der Waals surface area contributed by atoms with Gasteiger partial charge in [-0.1, -0.05) is 42.4 Å². The summed E-state index contributed by atoms with van der Waals surface area (Å²) in [6, 6.07) is 11.9. The Balaban J connectivity index is 1.61. The van der Waals surface area contributed by atoms with Crippen molar-refractivity contribution in [3.63, 3.8) is 0 Å². The Bertz CT molecular complexity index is 1460. The van der Waals surface area contributed by atoms with Crippen LogP contribution in [0, 0.1) is 5.82 Å². The van der Waals surface area contributed by atoms with Crippen molar-refractivity contribution in [2.45, 2.75) is 12.5 Å². The van der Waals surface area contributed by atoms with E-state index in [4.69, 9.17) is 11.6 Å². The first kappa shape index (κ1) is 23.5. The van der Waals surface area contributed by atoms with Crippen molar-refractivity contribution in [2.75, 3.05) is 31.2 Å². The first-order chi connectivity index (χ1) is 16.9. The van der Waals surface area contributed by atoms with Crippen molar-refractivity contribution in [3.8, 4) is 16.9 Å². The molecule has 1 saturated heterocycles. The number of halogens is 3. The summed E-state index contributed by atoms with van der Waals surface area (Å²) < 4.78 is 33.7. The number of hydrogen-bond acceptors (Lipinski definition) is 5. The third kappa shape index (κ3) is 4.10. The molecule has 0 unspecified atom stereocenters. The van der Waals surface area contributed by atoms with Crippen LogP contribution in [0.5, 0.6) is 5.75 Å². The van der Waals surface area contributed by atoms with E-state index in [1.165, 1.54) is 12.1 Å². The smallest absolute Gasteiger partial charge is 0.246 e. The minimum atomic E-state index is -0.576. The monoisotopic (exact) mass is 513 g/mol. The molecule has 180 valence electrons. The number of phenols is 1. The number of amides is 1. The number of carbonyl (C=O) groups is 1. The lowest BCUT2D eigenvalue weighted by Crippen LogP contribution is -2.54. The molecule has 3 aromatic carbocycles. The molecule has 0 aliphatic carbocycles. The minimum Gasteiger partial charge on any atom is -0.508 e. The van der Waals surface area contributed by atoms with Gasteiger partial charge in [-0.15, -0.1) is 0 Å². The van der Waals surface area contributed by atoms with E-state index in [1.54, 1.807) is 17.0 Å².